The zero-order valence-corrected chi connectivity index (χ0v) is 10.4. The Morgan fingerprint density at radius 1 is 1.53 bits per heavy atom. The molecule has 1 aliphatic rings. The van der Waals surface area contributed by atoms with E-state index in [0.29, 0.717) is 12.6 Å². The van der Waals surface area contributed by atoms with Crippen LogP contribution >= 0.6 is 0 Å². The average Bonchev–Trinajstić information content (AvgIpc) is 3.08. The van der Waals surface area contributed by atoms with E-state index in [2.05, 4.69) is 10.3 Å². The van der Waals surface area contributed by atoms with Gasteiger partial charge >= 0.3 is 0 Å². The van der Waals surface area contributed by atoms with Crippen molar-refractivity contribution in [1.29, 1.82) is 0 Å². The zero-order chi connectivity index (χ0) is 12.3. The molecule has 94 valence electrons. The molecule has 0 bridgehead atoms. The number of nitrogens with zero attached hydrogens (tertiary/aromatic N) is 1. The van der Waals surface area contributed by atoms with E-state index in [-0.39, 0.29) is 0 Å². The number of aromatic nitrogens is 1. The van der Waals surface area contributed by atoms with Crippen molar-refractivity contribution in [3.63, 3.8) is 0 Å². The van der Waals surface area contributed by atoms with E-state index in [4.69, 9.17) is 4.74 Å². The van der Waals surface area contributed by atoms with Crippen LogP contribution in [0.5, 0.6) is 5.75 Å². The highest BCUT2D eigenvalue weighted by Crippen LogP contribution is 2.22. The van der Waals surface area contributed by atoms with Gasteiger partial charge in [-0.25, -0.2) is 0 Å². The summed E-state index contributed by atoms with van der Waals surface area (Å²) in [6.45, 7) is 4.73. The first kappa shape index (κ1) is 12.3. The lowest BCUT2D eigenvalue weighted by atomic mass is 10.2. The third kappa shape index (κ3) is 3.98. The monoisotopic (exact) mass is 236 g/mol. The van der Waals surface area contributed by atoms with E-state index >= 15 is 0 Å². The summed E-state index contributed by atoms with van der Waals surface area (Å²) in [6, 6.07) is 4.51. The van der Waals surface area contributed by atoms with Gasteiger partial charge in [-0.2, -0.15) is 0 Å². The van der Waals surface area contributed by atoms with Crippen molar-refractivity contribution in [3.8, 4) is 5.75 Å². The lowest BCUT2D eigenvalue weighted by molar-refractivity contribution is 0.121. The minimum absolute atomic E-state index is 0.307. The van der Waals surface area contributed by atoms with Crippen LogP contribution in [0.2, 0.25) is 0 Å². The fourth-order valence-corrected chi connectivity index (χ4v) is 1.59. The van der Waals surface area contributed by atoms with E-state index in [1.54, 1.807) is 6.92 Å². The van der Waals surface area contributed by atoms with Gasteiger partial charge in [-0.1, -0.05) is 0 Å². The largest absolute Gasteiger partial charge is 0.489 e. The molecule has 1 atom stereocenters. The Morgan fingerprint density at radius 2 is 2.29 bits per heavy atom. The molecule has 0 amide bonds. The maximum absolute atomic E-state index is 9.23. The molecule has 0 spiro atoms. The summed E-state index contributed by atoms with van der Waals surface area (Å²) < 4.78 is 5.55. The number of ether oxygens (including phenoxy) is 1. The van der Waals surface area contributed by atoms with Gasteiger partial charge in [0.05, 0.1) is 11.8 Å². The van der Waals surface area contributed by atoms with E-state index < -0.39 is 6.10 Å². The molecule has 2 N–H and O–H groups in total. The quantitative estimate of drug-likeness (QED) is 0.784. The van der Waals surface area contributed by atoms with E-state index in [1.807, 2.05) is 19.1 Å². The maximum Gasteiger partial charge on any atom is 0.142 e. The second-order valence-electron chi connectivity index (χ2n) is 4.71. The number of aliphatic hydroxyl groups is 1. The van der Waals surface area contributed by atoms with Gasteiger partial charge in [0.25, 0.3) is 0 Å². The first-order valence-corrected chi connectivity index (χ1v) is 6.16. The Bertz CT molecular complexity index is 376. The third-order valence-corrected chi connectivity index (χ3v) is 2.69. The SMILES string of the molecule is Cc1ccc(OCC(C)O)c(CNC2CC2)n1. The Kier molecular flexibility index (Phi) is 3.97. The summed E-state index contributed by atoms with van der Waals surface area (Å²) in [6.07, 6.45) is 2.06. The predicted molar refractivity (Wildman–Crippen MR) is 66.0 cm³/mol. The topological polar surface area (TPSA) is 54.4 Å². The van der Waals surface area contributed by atoms with Crippen LogP contribution in [0.3, 0.4) is 0 Å². The summed E-state index contributed by atoms with van der Waals surface area (Å²) in [5.74, 6) is 0.768. The fourth-order valence-electron chi connectivity index (χ4n) is 1.59. The molecule has 1 saturated carbocycles. The van der Waals surface area contributed by atoms with Crippen LogP contribution in [-0.2, 0) is 6.54 Å². The molecule has 1 aliphatic carbocycles. The van der Waals surface area contributed by atoms with Crippen molar-refractivity contribution in [2.45, 2.75) is 45.4 Å². The van der Waals surface area contributed by atoms with Crippen molar-refractivity contribution in [3.05, 3.63) is 23.5 Å². The number of hydrogen-bond donors (Lipinski definition) is 2. The third-order valence-electron chi connectivity index (χ3n) is 2.69. The molecule has 1 fully saturated rings. The first-order chi connectivity index (χ1) is 8.15. The molecule has 0 saturated heterocycles. The zero-order valence-electron chi connectivity index (χ0n) is 10.4. The van der Waals surface area contributed by atoms with Gasteiger partial charge in [-0.15, -0.1) is 0 Å². The summed E-state index contributed by atoms with van der Waals surface area (Å²) in [7, 11) is 0. The van der Waals surface area contributed by atoms with Gasteiger partial charge < -0.3 is 15.2 Å². The van der Waals surface area contributed by atoms with Crippen LogP contribution in [0.15, 0.2) is 12.1 Å². The van der Waals surface area contributed by atoms with Crippen LogP contribution in [0.1, 0.15) is 31.2 Å². The Balaban J connectivity index is 2.00. The van der Waals surface area contributed by atoms with Gasteiger partial charge in [-0.3, -0.25) is 4.98 Å². The van der Waals surface area contributed by atoms with Gasteiger partial charge in [0.2, 0.25) is 0 Å². The molecule has 1 aromatic rings. The van der Waals surface area contributed by atoms with Gasteiger partial charge in [0.15, 0.2) is 0 Å². The Morgan fingerprint density at radius 3 is 2.94 bits per heavy atom. The normalized spacial score (nSPS) is 16.9. The van der Waals surface area contributed by atoms with E-state index in [1.165, 1.54) is 12.8 Å². The summed E-state index contributed by atoms with van der Waals surface area (Å²) >= 11 is 0. The highest BCUT2D eigenvalue weighted by molar-refractivity contribution is 5.29. The minimum Gasteiger partial charge on any atom is -0.489 e. The molecule has 17 heavy (non-hydrogen) atoms. The van der Waals surface area contributed by atoms with Crippen molar-refractivity contribution < 1.29 is 9.84 Å². The van der Waals surface area contributed by atoms with Crippen LogP contribution in [0.4, 0.5) is 0 Å². The lowest BCUT2D eigenvalue weighted by Gasteiger charge is -2.13. The van der Waals surface area contributed by atoms with Crippen molar-refractivity contribution >= 4 is 0 Å². The van der Waals surface area contributed by atoms with Crippen molar-refractivity contribution in [1.82, 2.24) is 10.3 Å². The number of hydrogen-bond acceptors (Lipinski definition) is 4. The van der Waals surface area contributed by atoms with Gasteiger partial charge in [-0.05, 0) is 38.8 Å². The second-order valence-corrected chi connectivity index (χ2v) is 4.71. The summed E-state index contributed by atoms with van der Waals surface area (Å²) in [5.41, 5.74) is 1.92. The maximum atomic E-state index is 9.23. The Labute approximate surface area is 102 Å². The fraction of sp³-hybridized carbons (Fsp3) is 0.615. The number of aliphatic hydroxyl groups excluding tert-OH is 1. The van der Waals surface area contributed by atoms with Gasteiger partial charge in [0.1, 0.15) is 12.4 Å². The molecule has 0 aliphatic heterocycles. The number of aryl methyl sites for hydroxylation is 1. The molecule has 0 aromatic carbocycles. The predicted octanol–water partition coefficient (Wildman–Crippen LogP) is 1.40. The van der Waals surface area contributed by atoms with E-state index in [9.17, 15) is 5.11 Å². The van der Waals surface area contributed by atoms with Crippen LogP contribution < -0.4 is 10.1 Å². The average molecular weight is 236 g/mol. The summed E-state index contributed by atoms with van der Waals surface area (Å²) in [5, 5.41) is 12.6. The molecular formula is C13H20N2O2. The first-order valence-electron chi connectivity index (χ1n) is 6.16. The molecule has 1 aromatic heterocycles. The molecule has 0 radical (unpaired) electrons. The molecular weight excluding hydrogens is 216 g/mol. The van der Waals surface area contributed by atoms with Gasteiger partial charge in [0, 0.05) is 18.3 Å². The number of nitrogens with one attached hydrogen (secondary N) is 1. The van der Waals surface area contributed by atoms with E-state index in [0.717, 1.165) is 23.7 Å². The standard InChI is InChI=1S/C13H20N2O2/c1-9-3-6-13(17-8-10(2)16)12(15-9)7-14-11-4-5-11/h3,6,10-11,14,16H,4-5,7-8H2,1-2H3. The molecule has 4 heteroatoms. The Hall–Kier alpha value is -1.13. The van der Waals surface area contributed by atoms with Crippen LogP contribution in [-0.4, -0.2) is 28.8 Å². The number of rotatable bonds is 6. The summed E-state index contributed by atoms with van der Waals surface area (Å²) in [4.78, 5) is 4.48. The van der Waals surface area contributed by atoms with Crippen LogP contribution in [0.25, 0.3) is 0 Å². The van der Waals surface area contributed by atoms with Crippen molar-refractivity contribution in [2.75, 3.05) is 6.61 Å². The van der Waals surface area contributed by atoms with Crippen molar-refractivity contribution in [2.24, 2.45) is 0 Å². The minimum atomic E-state index is -0.458. The lowest BCUT2D eigenvalue weighted by Crippen LogP contribution is -2.19. The highest BCUT2D eigenvalue weighted by atomic mass is 16.5. The molecule has 4 nitrogen and oxygen atoms in total. The van der Waals surface area contributed by atoms with Crippen LogP contribution in [0, 0.1) is 6.92 Å². The molecule has 1 unspecified atom stereocenters. The molecule has 2 rings (SSSR count). The smallest absolute Gasteiger partial charge is 0.142 e. The highest BCUT2D eigenvalue weighted by Gasteiger charge is 2.21. The molecule has 1 heterocycles. The number of pyridine rings is 1. The second kappa shape index (κ2) is 5.47.